The van der Waals surface area contributed by atoms with Crippen molar-refractivity contribution in [2.24, 2.45) is 0 Å². The molecule has 0 saturated heterocycles. The maximum atomic E-state index is 4.56. The van der Waals surface area contributed by atoms with Gasteiger partial charge in [0.15, 0.2) is 0 Å². The molecular formula is C17H18N2S. The van der Waals surface area contributed by atoms with E-state index in [0.29, 0.717) is 0 Å². The summed E-state index contributed by atoms with van der Waals surface area (Å²) < 4.78 is 0. The van der Waals surface area contributed by atoms with Crippen molar-refractivity contribution in [3.63, 3.8) is 0 Å². The number of fused-ring (bicyclic) bond motifs is 1. The maximum absolute atomic E-state index is 4.56. The van der Waals surface area contributed by atoms with Gasteiger partial charge in [0.25, 0.3) is 0 Å². The zero-order chi connectivity index (χ0) is 14.1. The van der Waals surface area contributed by atoms with Crippen molar-refractivity contribution >= 4 is 22.2 Å². The molecule has 0 bridgehead atoms. The lowest BCUT2D eigenvalue weighted by molar-refractivity contribution is 0.705. The quantitative estimate of drug-likeness (QED) is 0.778. The molecule has 1 N–H and O–H groups in total. The fourth-order valence-corrected chi connectivity index (χ4v) is 3.52. The van der Waals surface area contributed by atoms with Crippen molar-refractivity contribution in [1.82, 2.24) is 10.3 Å². The third kappa shape index (κ3) is 2.47. The largest absolute Gasteiger partial charge is 0.309 e. The molecule has 0 amide bonds. The van der Waals surface area contributed by atoms with E-state index in [1.165, 1.54) is 20.7 Å². The summed E-state index contributed by atoms with van der Waals surface area (Å²) in [7, 11) is 2.01. The Morgan fingerprint density at radius 3 is 2.60 bits per heavy atom. The molecule has 2 nitrogen and oxygen atoms in total. The Morgan fingerprint density at radius 1 is 1.05 bits per heavy atom. The summed E-state index contributed by atoms with van der Waals surface area (Å²) in [4.78, 5) is 7.26. The van der Waals surface area contributed by atoms with E-state index in [2.05, 4.69) is 59.7 Å². The second-order valence-electron chi connectivity index (χ2n) is 5.07. The first kappa shape index (κ1) is 13.3. The van der Waals surface area contributed by atoms with Gasteiger partial charge in [0, 0.05) is 20.8 Å². The van der Waals surface area contributed by atoms with E-state index in [1.807, 2.05) is 25.3 Å². The molecule has 0 aliphatic carbocycles. The molecule has 1 aromatic carbocycles. The Bertz CT molecular complexity index is 746. The van der Waals surface area contributed by atoms with E-state index in [1.54, 1.807) is 0 Å². The van der Waals surface area contributed by atoms with Crippen LogP contribution in [0.2, 0.25) is 0 Å². The predicted molar refractivity (Wildman–Crippen MR) is 86.4 cm³/mol. The fraction of sp³-hybridized carbons (Fsp3) is 0.235. The molecule has 0 radical (unpaired) electrons. The highest BCUT2D eigenvalue weighted by Gasteiger charge is 2.14. The van der Waals surface area contributed by atoms with Crippen LogP contribution in [0.1, 0.15) is 27.1 Å². The lowest BCUT2D eigenvalue weighted by atomic mass is 10.0. The van der Waals surface area contributed by atoms with Gasteiger partial charge in [0.1, 0.15) is 0 Å². The van der Waals surface area contributed by atoms with Gasteiger partial charge in [-0.3, -0.25) is 4.98 Å². The van der Waals surface area contributed by atoms with Crippen LogP contribution in [0.15, 0.2) is 42.5 Å². The SMILES string of the molecule is CNC(c1ccc2nc(C)ccc2c1)c1ccc(C)s1. The van der Waals surface area contributed by atoms with Crippen LogP contribution in [0.5, 0.6) is 0 Å². The number of aryl methyl sites for hydroxylation is 2. The summed E-state index contributed by atoms with van der Waals surface area (Å²) in [5.41, 5.74) is 3.41. The van der Waals surface area contributed by atoms with Gasteiger partial charge in [0.05, 0.1) is 11.6 Å². The number of rotatable bonds is 3. The molecule has 0 saturated carbocycles. The van der Waals surface area contributed by atoms with Crippen molar-refractivity contribution in [3.05, 3.63) is 63.5 Å². The molecule has 0 spiro atoms. The average Bonchev–Trinajstić information content (AvgIpc) is 2.86. The van der Waals surface area contributed by atoms with Crippen molar-refractivity contribution in [1.29, 1.82) is 0 Å². The van der Waals surface area contributed by atoms with Gasteiger partial charge in [-0.1, -0.05) is 12.1 Å². The first-order valence-corrected chi connectivity index (χ1v) is 7.60. The minimum absolute atomic E-state index is 0.249. The van der Waals surface area contributed by atoms with E-state index in [9.17, 15) is 0 Å². The summed E-state index contributed by atoms with van der Waals surface area (Å²) in [5.74, 6) is 0. The third-order valence-corrected chi connectivity index (χ3v) is 4.59. The van der Waals surface area contributed by atoms with Gasteiger partial charge in [0.2, 0.25) is 0 Å². The van der Waals surface area contributed by atoms with Crippen molar-refractivity contribution < 1.29 is 0 Å². The highest BCUT2D eigenvalue weighted by Crippen LogP contribution is 2.29. The van der Waals surface area contributed by atoms with Gasteiger partial charge in [-0.05, 0) is 56.8 Å². The summed E-state index contributed by atoms with van der Waals surface area (Å²) in [6, 6.07) is 15.4. The Balaban J connectivity index is 2.05. The number of nitrogens with one attached hydrogen (secondary N) is 1. The van der Waals surface area contributed by atoms with Gasteiger partial charge in [-0.15, -0.1) is 11.3 Å². The summed E-state index contributed by atoms with van der Waals surface area (Å²) in [6.45, 7) is 4.17. The molecule has 102 valence electrons. The molecule has 0 aliphatic heterocycles. The summed E-state index contributed by atoms with van der Waals surface area (Å²) in [6.07, 6.45) is 0. The fourth-order valence-electron chi connectivity index (χ4n) is 2.51. The van der Waals surface area contributed by atoms with Crippen LogP contribution in [-0.2, 0) is 0 Å². The van der Waals surface area contributed by atoms with E-state index in [0.717, 1.165) is 11.2 Å². The predicted octanol–water partition coefficient (Wildman–Crippen LogP) is 4.22. The molecule has 3 aromatic rings. The van der Waals surface area contributed by atoms with Crippen molar-refractivity contribution in [2.75, 3.05) is 7.05 Å². The topological polar surface area (TPSA) is 24.9 Å². The van der Waals surface area contributed by atoms with E-state index >= 15 is 0 Å². The Kier molecular flexibility index (Phi) is 3.55. The monoisotopic (exact) mass is 282 g/mol. The van der Waals surface area contributed by atoms with Crippen LogP contribution in [-0.4, -0.2) is 12.0 Å². The van der Waals surface area contributed by atoms with Gasteiger partial charge in [-0.25, -0.2) is 0 Å². The van der Waals surface area contributed by atoms with E-state index in [4.69, 9.17) is 0 Å². The Hall–Kier alpha value is -1.71. The van der Waals surface area contributed by atoms with Gasteiger partial charge in [-0.2, -0.15) is 0 Å². The Morgan fingerprint density at radius 2 is 1.90 bits per heavy atom. The smallest absolute Gasteiger partial charge is 0.0705 e. The highest BCUT2D eigenvalue weighted by molar-refractivity contribution is 7.12. The highest BCUT2D eigenvalue weighted by atomic mass is 32.1. The lowest BCUT2D eigenvalue weighted by Crippen LogP contribution is -2.16. The van der Waals surface area contributed by atoms with Crippen LogP contribution >= 0.6 is 11.3 Å². The standard InChI is InChI=1S/C17H18N2S/c1-11-4-6-13-10-14(7-8-15(13)19-11)17(18-3)16-9-5-12(2)20-16/h4-10,17-18H,1-3H3. The third-order valence-electron chi connectivity index (χ3n) is 3.52. The average molecular weight is 282 g/mol. The zero-order valence-electron chi connectivity index (χ0n) is 12.0. The molecule has 3 rings (SSSR count). The molecule has 2 heterocycles. The van der Waals surface area contributed by atoms with E-state index < -0.39 is 0 Å². The number of aromatic nitrogens is 1. The molecule has 1 atom stereocenters. The van der Waals surface area contributed by atoms with Crippen LogP contribution in [0.4, 0.5) is 0 Å². The van der Waals surface area contributed by atoms with Gasteiger partial charge < -0.3 is 5.32 Å². The van der Waals surface area contributed by atoms with E-state index in [-0.39, 0.29) is 6.04 Å². The minimum Gasteiger partial charge on any atom is -0.309 e. The molecular weight excluding hydrogens is 264 g/mol. The summed E-state index contributed by atoms with van der Waals surface area (Å²) in [5, 5.41) is 4.61. The molecule has 20 heavy (non-hydrogen) atoms. The molecule has 1 unspecified atom stereocenters. The number of pyridine rings is 1. The van der Waals surface area contributed by atoms with Crippen molar-refractivity contribution in [2.45, 2.75) is 19.9 Å². The number of thiophene rings is 1. The zero-order valence-corrected chi connectivity index (χ0v) is 12.8. The molecule has 2 aromatic heterocycles. The molecule has 0 aliphatic rings. The minimum atomic E-state index is 0.249. The number of hydrogen-bond donors (Lipinski definition) is 1. The number of hydrogen-bond acceptors (Lipinski definition) is 3. The maximum Gasteiger partial charge on any atom is 0.0705 e. The van der Waals surface area contributed by atoms with Crippen LogP contribution in [0, 0.1) is 13.8 Å². The van der Waals surface area contributed by atoms with Crippen LogP contribution < -0.4 is 5.32 Å². The second-order valence-corrected chi connectivity index (χ2v) is 6.39. The first-order valence-electron chi connectivity index (χ1n) is 6.78. The van der Waals surface area contributed by atoms with Crippen molar-refractivity contribution in [3.8, 4) is 0 Å². The summed E-state index contributed by atoms with van der Waals surface area (Å²) >= 11 is 1.84. The lowest BCUT2D eigenvalue weighted by Gasteiger charge is -2.15. The second kappa shape index (κ2) is 5.35. The molecule has 0 fully saturated rings. The number of nitrogens with zero attached hydrogens (tertiary/aromatic N) is 1. The van der Waals surface area contributed by atoms with Gasteiger partial charge >= 0.3 is 0 Å². The van der Waals surface area contributed by atoms with Crippen LogP contribution in [0.25, 0.3) is 10.9 Å². The Labute approximate surface area is 123 Å². The molecule has 3 heteroatoms. The van der Waals surface area contributed by atoms with Crippen LogP contribution in [0.3, 0.4) is 0 Å². The first-order chi connectivity index (χ1) is 9.67. The normalized spacial score (nSPS) is 12.8. The number of benzene rings is 1.